The van der Waals surface area contributed by atoms with Gasteiger partial charge in [0.1, 0.15) is 5.75 Å². The Hall–Kier alpha value is -1.07. The van der Waals surface area contributed by atoms with Gasteiger partial charge in [-0.3, -0.25) is 4.79 Å². The molecule has 0 saturated carbocycles. The molecule has 0 bridgehead atoms. The van der Waals surface area contributed by atoms with Crippen LogP contribution in [0.15, 0.2) is 22.7 Å². The van der Waals surface area contributed by atoms with E-state index in [9.17, 15) is 4.79 Å². The van der Waals surface area contributed by atoms with Crippen LogP contribution in [0.5, 0.6) is 5.75 Å². The number of benzene rings is 1. The molecule has 0 radical (unpaired) electrons. The summed E-state index contributed by atoms with van der Waals surface area (Å²) in [7, 11) is 0. The van der Waals surface area contributed by atoms with Crippen LogP contribution >= 0.6 is 15.9 Å². The van der Waals surface area contributed by atoms with E-state index < -0.39 is 0 Å². The molecule has 0 aliphatic carbocycles. The van der Waals surface area contributed by atoms with Crippen molar-refractivity contribution in [3.63, 3.8) is 0 Å². The SMILES string of the molecule is CC(C)NCc1cc(OCC(=O)NC(C)(C)C)ccc1Br. The third-order valence-corrected chi connectivity index (χ3v) is 3.38. The van der Waals surface area contributed by atoms with E-state index in [1.165, 1.54) is 0 Å². The van der Waals surface area contributed by atoms with E-state index in [-0.39, 0.29) is 18.1 Å². The molecule has 2 N–H and O–H groups in total. The quantitative estimate of drug-likeness (QED) is 0.822. The minimum Gasteiger partial charge on any atom is -0.484 e. The Labute approximate surface area is 135 Å². The van der Waals surface area contributed by atoms with Gasteiger partial charge in [0.05, 0.1) is 0 Å². The van der Waals surface area contributed by atoms with Crippen LogP contribution in [0.4, 0.5) is 0 Å². The Kier molecular flexibility index (Phi) is 6.68. The van der Waals surface area contributed by atoms with Crippen molar-refractivity contribution in [3.05, 3.63) is 28.2 Å². The summed E-state index contributed by atoms with van der Waals surface area (Å²) in [6.07, 6.45) is 0. The van der Waals surface area contributed by atoms with Crippen molar-refractivity contribution in [3.8, 4) is 5.75 Å². The molecule has 1 rings (SSSR count). The number of hydrogen-bond acceptors (Lipinski definition) is 3. The molecule has 1 amide bonds. The molecule has 0 heterocycles. The van der Waals surface area contributed by atoms with Gasteiger partial charge in [0.15, 0.2) is 6.61 Å². The smallest absolute Gasteiger partial charge is 0.258 e. The molecule has 4 nitrogen and oxygen atoms in total. The van der Waals surface area contributed by atoms with Crippen molar-refractivity contribution < 1.29 is 9.53 Å². The highest BCUT2D eigenvalue weighted by molar-refractivity contribution is 9.10. The van der Waals surface area contributed by atoms with Crippen molar-refractivity contribution >= 4 is 21.8 Å². The Morgan fingerprint density at radius 1 is 1.33 bits per heavy atom. The highest BCUT2D eigenvalue weighted by atomic mass is 79.9. The lowest BCUT2D eigenvalue weighted by atomic mass is 10.1. The van der Waals surface area contributed by atoms with Crippen molar-refractivity contribution in [2.45, 2.75) is 52.7 Å². The number of nitrogens with one attached hydrogen (secondary N) is 2. The highest BCUT2D eigenvalue weighted by Gasteiger charge is 2.14. The van der Waals surface area contributed by atoms with Crippen molar-refractivity contribution in [2.24, 2.45) is 0 Å². The average Bonchev–Trinajstić information content (AvgIpc) is 2.34. The standard InChI is InChI=1S/C16H25BrN2O2/c1-11(2)18-9-12-8-13(6-7-14(12)17)21-10-15(20)19-16(3,4)5/h6-8,11,18H,9-10H2,1-5H3,(H,19,20). The molecule has 0 unspecified atom stereocenters. The minimum atomic E-state index is -0.244. The van der Waals surface area contributed by atoms with E-state index in [0.717, 1.165) is 16.6 Å². The van der Waals surface area contributed by atoms with Crippen LogP contribution in [0.25, 0.3) is 0 Å². The molecule has 0 aliphatic rings. The van der Waals surface area contributed by atoms with Crippen LogP contribution < -0.4 is 15.4 Å². The molecular weight excluding hydrogens is 332 g/mol. The topological polar surface area (TPSA) is 50.4 Å². The molecule has 5 heteroatoms. The largest absolute Gasteiger partial charge is 0.484 e. The van der Waals surface area contributed by atoms with E-state index in [1.54, 1.807) is 0 Å². The van der Waals surface area contributed by atoms with Gasteiger partial charge < -0.3 is 15.4 Å². The predicted molar refractivity (Wildman–Crippen MR) is 89.5 cm³/mol. The number of carbonyl (C=O) groups is 1. The van der Waals surface area contributed by atoms with E-state index in [1.807, 2.05) is 39.0 Å². The summed E-state index contributed by atoms with van der Waals surface area (Å²) in [5, 5.41) is 6.23. The molecule has 0 fully saturated rings. The molecule has 0 aromatic heterocycles. The third kappa shape index (κ3) is 7.48. The van der Waals surface area contributed by atoms with Crippen molar-refractivity contribution in [1.29, 1.82) is 0 Å². The lowest BCUT2D eigenvalue weighted by Gasteiger charge is -2.20. The highest BCUT2D eigenvalue weighted by Crippen LogP contribution is 2.22. The molecule has 21 heavy (non-hydrogen) atoms. The fourth-order valence-electron chi connectivity index (χ4n) is 1.69. The molecule has 1 aromatic rings. The summed E-state index contributed by atoms with van der Waals surface area (Å²) in [6.45, 7) is 10.8. The van der Waals surface area contributed by atoms with Crippen molar-refractivity contribution in [1.82, 2.24) is 10.6 Å². The van der Waals surface area contributed by atoms with E-state index in [4.69, 9.17) is 4.74 Å². The Balaban J connectivity index is 2.60. The van der Waals surface area contributed by atoms with Gasteiger partial charge in [0.25, 0.3) is 5.91 Å². The van der Waals surface area contributed by atoms with Crippen LogP contribution in [0.2, 0.25) is 0 Å². The number of ether oxygens (including phenoxy) is 1. The summed E-state index contributed by atoms with van der Waals surface area (Å²) < 4.78 is 6.59. The van der Waals surface area contributed by atoms with E-state index in [0.29, 0.717) is 11.8 Å². The average molecular weight is 357 g/mol. The van der Waals surface area contributed by atoms with Gasteiger partial charge >= 0.3 is 0 Å². The zero-order chi connectivity index (χ0) is 16.0. The van der Waals surface area contributed by atoms with Gasteiger partial charge in [0, 0.05) is 22.6 Å². The first-order valence-corrected chi connectivity index (χ1v) is 7.92. The fourth-order valence-corrected chi connectivity index (χ4v) is 2.08. The van der Waals surface area contributed by atoms with E-state index in [2.05, 4.69) is 40.4 Å². The van der Waals surface area contributed by atoms with Gasteiger partial charge in [0.2, 0.25) is 0 Å². The maximum Gasteiger partial charge on any atom is 0.258 e. The predicted octanol–water partition coefficient (Wildman–Crippen LogP) is 3.24. The molecule has 0 aliphatic heterocycles. The first-order chi connectivity index (χ1) is 9.67. The lowest BCUT2D eigenvalue weighted by molar-refractivity contribution is -0.124. The maximum atomic E-state index is 11.7. The molecule has 118 valence electrons. The summed E-state index contributed by atoms with van der Waals surface area (Å²) in [4.78, 5) is 11.7. The van der Waals surface area contributed by atoms with Crippen LogP contribution in [0.1, 0.15) is 40.2 Å². The zero-order valence-corrected chi connectivity index (χ0v) is 15.0. The minimum absolute atomic E-state index is 0.0238. The van der Waals surface area contributed by atoms with Crippen LogP contribution in [-0.4, -0.2) is 24.1 Å². The summed E-state index contributed by atoms with van der Waals surface area (Å²) in [6, 6.07) is 6.16. The van der Waals surface area contributed by atoms with Gasteiger partial charge in [-0.15, -0.1) is 0 Å². The second-order valence-electron chi connectivity index (χ2n) is 6.38. The number of hydrogen-bond donors (Lipinski definition) is 2. The molecule has 1 aromatic carbocycles. The van der Waals surface area contributed by atoms with Crippen LogP contribution in [0.3, 0.4) is 0 Å². The molecule has 0 atom stereocenters. The first-order valence-electron chi connectivity index (χ1n) is 7.13. The fraction of sp³-hybridized carbons (Fsp3) is 0.562. The molecule has 0 saturated heterocycles. The van der Waals surface area contributed by atoms with E-state index >= 15 is 0 Å². The van der Waals surface area contributed by atoms with Crippen molar-refractivity contribution in [2.75, 3.05) is 6.61 Å². The Bertz CT molecular complexity index is 482. The number of halogens is 1. The number of carbonyl (C=O) groups excluding carboxylic acids is 1. The van der Waals surface area contributed by atoms with Gasteiger partial charge in [-0.05, 0) is 44.5 Å². The summed E-state index contributed by atoms with van der Waals surface area (Å²) in [5.74, 6) is 0.579. The second kappa shape index (κ2) is 7.80. The number of amides is 1. The summed E-state index contributed by atoms with van der Waals surface area (Å²) >= 11 is 3.53. The Morgan fingerprint density at radius 3 is 2.57 bits per heavy atom. The van der Waals surface area contributed by atoms with Gasteiger partial charge in [-0.25, -0.2) is 0 Å². The third-order valence-electron chi connectivity index (χ3n) is 2.60. The maximum absolute atomic E-state index is 11.7. The van der Waals surface area contributed by atoms with Gasteiger partial charge in [-0.2, -0.15) is 0 Å². The molecule has 0 spiro atoms. The first kappa shape index (κ1) is 18.0. The summed E-state index contributed by atoms with van der Waals surface area (Å²) in [5.41, 5.74) is 0.865. The van der Waals surface area contributed by atoms with Crippen LogP contribution in [-0.2, 0) is 11.3 Å². The van der Waals surface area contributed by atoms with Gasteiger partial charge in [-0.1, -0.05) is 29.8 Å². The Morgan fingerprint density at radius 2 is 2.00 bits per heavy atom. The van der Waals surface area contributed by atoms with Crippen LogP contribution in [0, 0.1) is 0 Å². The second-order valence-corrected chi connectivity index (χ2v) is 7.23. The zero-order valence-electron chi connectivity index (χ0n) is 13.4. The number of rotatable bonds is 6. The monoisotopic (exact) mass is 356 g/mol. The lowest BCUT2D eigenvalue weighted by Crippen LogP contribution is -2.43. The molecular formula is C16H25BrN2O2. The normalized spacial score (nSPS) is 11.6.